The van der Waals surface area contributed by atoms with E-state index < -0.39 is 0 Å². The summed E-state index contributed by atoms with van der Waals surface area (Å²) in [6.45, 7) is 5.59. The summed E-state index contributed by atoms with van der Waals surface area (Å²) < 4.78 is 7.91. The molecule has 0 aliphatic rings. The van der Waals surface area contributed by atoms with Gasteiger partial charge in [-0.15, -0.1) is 0 Å². The lowest BCUT2D eigenvalue weighted by atomic mass is 10.2. The zero-order valence-electron chi connectivity index (χ0n) is 11.8. The Balaban J connectivity index is 1.98. The molecule has 20 heavy (non-hydrogen) atoms. The maximum atomic E-state index is 5.68. The topological polar surface area (TPSA) is 27.1 Å². The van der Waals surface area contributed by atoms with Crippen LogP contribution in [-0.2, 0) is 6.54 Å². The number of hydrogen-bond acceptors (Lipinski definition) is 2. The van der Waals surface area contributed by atoms with Crippen LogP contribution in [0.15, 0.2) is 48.9 Å². The van der Waals surface area contributed by atoms with Crippen molar-refractivity contribution in [2.75, 3.05) is 6.61 Å². The second-order valence-corrected chi connectivity index (χ2v) is 4.94. The summed E-state index contributed by atoms with van der Waals surface area (Å²) in [4.78, 5) is 4.25. The minimum atomic E-state index is 0.687. The first kappa shape index (κ1) is 12.7. The van der Waals surface area contributed by atoms with Crippen LogP contribution < -0.4 is 4.74 Å². The quantitative estimate of drug-likeness (QED) is 0.718. The van der Waals surface area contributed by atoms with Gasteiger partial charge < -0.3 is 9.30 Å². The van der Waals surface area contributed by atoms with E-state index in [1.807, 2.05) is 31.5 Å². The summed E-state index contributed by atoms with van der Waals surface area (Å²) in [5.41, 5.74) is 3.59. The van der Waals surface area contributed by atoms with E-state index in [0.29, 0.717) is 6.61 Å². The number of pyridine rings is 1. The van der Waals surface area contributed by atoms with Crippen LogP contribution in [0.2, 0.25) is 0 Å². The summed E-state index contributed by atoms with van der Waals surface area (Å²) in [5, 5.41) is 1.16. The third-order valence-corrected chi connectivity index (χ3v) is 3.36. The van der Waals surface area contributed by atoms with Gasteiger partial charge in [0.15, 0.2) is 0 Å². The van der Waals surface area contributed by atoms with Crippen molar-refractivity contribution in [2.24, 2.45) is 0 Å². The van der Waals surface area contributed by atoms with E-state index in [1.165, 1.54) is 16.6 Å². The Morgan fingerprint density at radius 3 is 2.90 bits per heavy atom. The zero-order chi connectivity index (χ0) is 13.9. The van der Waals surface area contributed by atoms with E-state index in [1.54, 1.807) is 0 Å². The van der Waals surface area contributed by atoms with Gasteiger partial charge in [0.05, 0.1) is 12.1 Å². The second kappa shape index (κ2) is 5.37. The summed E-state index contributed by atoms with van der Waals surface area (Å²) in [6.07, 6.45) is 5.91. The van der Waals surface area contributed by atoms with E-state index in [0.717, 1.165) is 17.7 Å². The number of benzene rings is 1. The standard InChI is InChI=1S/C17H18N2O/c1-3-20-17-6-4-5-16-15(17)7-8-19(16)12-14-9-13(2)10-18-11-14/h4-11H,3,12H2,1-2H3. The highest BCUT2D eigenvalue weighted by Gasteiger charge is 2.06. The summed E-state index contributed by atoms with van der Waals surface area (Å²) in [6, 6.07) is 10.5. The molecule has 0 amide bonds. The van der Waals surface area contributed by atoms with E-state index in [4.69, 9.17) is 4.74 Å². The molecule has 2 heterocycles. The minimum absolute atomic E-state index is 0.687. The van der Waals surface area contributed by atoms with Crippen molar-refractivity contribution in [1.29, 1.82) is 0 Å². The van der Waals surface area contributed by atoms with Gasteiger partial charge in [0.1, 0.15) is 5.75 Å². The Labute approximate surface area is 118 Å². The fraction of sp³-hybridized carbons (Fsp3) is 0.235. The largest absolute Gasteiger partial charge is 0.493 e. The van der Waals surface area contributed by atoms with Crippen molar-refractivity contribution in [3.8, 4) is 5.75 Å². The van der Waals surface area contributed by atoms with Crippen LogP contribution in [0.4, 0.5) is 0 Å². The predicted molar refractivity (Wildman–Crippen MR) is 81.2 cm³/mol. The highest BCUT2D eigenvalue weighted by molar-refractivity contribution is 5.86. The van der Waals surface area contributed by atoms with Crippen LogP contribution in [0.25, 0.3) is 10.9 Å². The summed E-state index contributed by atoms with van der Waals surface area (Å²) in [5.74, 6) is 0.950. The number of fused-ring (bicyclic) bond motifs is 1. The first-order chi connectivity index (χ1) is 9.78. The summed E-state index contributed by atoms with van der Waals surface area (Å²) >= 11 is 0. The smallest absolute Gasteiger partial charge is 0.128 e. The molecule has 0 saturated heterocycles. The molecule has 0 aliphatic carbocycles. The first-order valence-electron chi connectivity index (χ1n) is 6.89. The predicted octanol–water partition coefficient (Wildman–Crippen LogP) is 3.79. The molecular weight excluding hydrogens is 248 g/mol. The SMILES string of the molecule is CCOc1cccc2c1ccn2Cc1cncc(C)c1. The van der Waals surface area contributed by atoms with Crippen LogP contribution in [0, 0.1) is 6.92 Å². The Kier molecular flexibility index (Phi) is 3.42. The van der Waals surface area contributed by atoms with Gasteiger partial charge >= 0.3 is 0 Å². The molecule has 0 unspecified atom stereocenters. The van der Waals surface area contributed by atoms with Crippen LogP contribution in [0.1, 0.15) is 18.1 Å². The molecule has 0 spiro atoms. The van der Waals surface area contributed by atoms with Gasteiger partial charge in [0.25, 0.3) is 0 Å². The van der Waals surface area contributed by atoms with Crippen molar-refractivity contribution >= 4 is 10.9 Å². The van der Waals surface area contributed by atoms with Gasteiger partial charge in [-0.05, 0) is 43.2 Å². The van der Waals surface area contributed by atoms with Crippen LogP contribution >= 0.6 is 0 Å². The molecule has 102 valence electrons. The van der Waals surface area contributed by atoms with Crippen molar-refractivity contribution < 1.29 is 4.74 Å². The Bertz CT molecular complexity index is 731. The van der Waals surface area contributed by atoms with E-state index in [9.17, 15) is 0 Å². The highest BCUT2D eigenvalue weighted by Crippen LogP contribution is 2.27. The maximum Gasteiger partial charge on any atom is 0.128 e. The zero-order valence-corrected chi connectivity index (χ0v) is 11.8. The van der Waals surface area contributed by atoms with Gasteiger partial charge in [-0.25, -0.2) is 0 Å². The minimum Gasteiger partial charge on any atom is -0.493 e. The third kappa shape index (κ3) is 2.39. The van der Waals surface area contributed by atoms with Gasteiger partial charge in [0.2, 0.25) is 0 Å². The normalized spacial score (nSPS) is 10.9. The Morgan fingerprint density at radius 2 is 2.10 bits per heavy atom. The molecule has 3 rings (SSSR count). The monoisotopic (exact) mass is 266 g/mol. The third-order valence-electron chi connectivity index (χ3n) is 3.36. The number of rotatable bonds is 4. The number of aryl methyl sites for hydroxylation is 1. The molecule has 3 aromatic rings. The number of aromatic nitrogens is 2. The van der Waals surface area contributed by atoms with Gasteiger partial charge in [0, 0.05) is 30.5 Å². The van der Waals surface area contributed by atoms with Crippen molar-refractivity contribution in [3.05, 3.63) is 60.0 Å². The molecule has 3 heteroatoms. The van der Waals surface area contributed by atoms with Crippen LogP contribution in [0.5, 0.6) is 5.75 Å². The molecule has 0 fully saturated rings. The Hall–Kier alpha value is -2.29. The molecule has 3 nitrogen and oxygen atoms in total. The van der Waals surface area contributed by atoms with E-state index in [-0.39, 0.29) is 0 Å². The molecule has 1 aromatic carbocycles. The van der Waals surface area contributed by atoms with Gasteiger partial charge in [-0.2, -0.15) is 0 Å². The van der Waals surface area contributed by atoms with Gasteiger partial charge in [-0.1, -0.05) is 12.1 Å². The number of ether oxygens (including phenoxy) is 1. The van der Waals surface area contributed by atoms with E-state index >= 15 is 0 Å². The fourth-order valence-electron chi connectivity index (χ4n) is 2.52. The lowest BCUT2D eigenvalue weighted by Gasteiger charge is -2.08. The molecule has 0 bridgehead atoms. The molecule has 0 atom stereocenters. The summed E-state index contributed by atoms with van der Waals surface area (Å²) in [7, 11) is 0. The van der Waals surface area contributed by atoms with Crippen molar-refractivity contribution in [3.63, 3.8) is 0 Å². The lowest BCUT2D eigenvalue weighted by molar-refractivity contribution is 0.344. The number of nitrogens with zero attached hydrogens (tertiary/aromatic N) is 2. The molecule has 0 aliphatic heterocycles. The van der Waals surface area contributed by atoms with Gasteiger partial charge in [-0.3, -0.25) is 4.98 Å². The highest BCUT2D eigenvalue weighted by atomic mass is 16.5. The van der Waals surface area contributed by atoms with Crippen molar-refractivity contribution in [1.82, 2.24) is 9.55 Å². The molecule has 0 radical (unpaired) electrons. The average molecular weight is 266 g/mol. The maximum absolute atomic E-state index is 5.68. The second-order valence-electron chi connectivity index (χ2n) is 4.94. The molecule has 0 N–H and O–H groups in total. The first-order valence-corrected chi connectivity index (χ1v) is 6.89. The Morgan fingerprint density at radius 1 is 1.20 bits per heavy atom. The fourth-order valence-corrected chi connectivity index (χ4v) is 2.52. The lowest BCUT2D eigenvalue weighted by Crippen LogP contribution is -1.99. The van der Waals surface area contributed by atoms with E-state index in [2.05, 4.69) is 40.9 Å². The van der Waals surface area contributed by atoms with Crippen molar-refractivity contribution in [2.45, 2.75) is 20.4 Å². The molecule has 2 aromatic heterocycles. The number of hydrogen-bond donors (Lipinski definition) is 0. The molecular formula is C17H18N2O. The average Bonchev–Trinajstić information content (AvgIpc) is 2.84. The molecule has 0 saturated carbocycles. The van der Waals surface area contributed by atoms with Crippen LogP contribution in [-0.4, -0.2) is 16.2 Å². The van der Waals surface area contributed by atoms with Crippen LogP contribution in [0.3, 0.4) is 0 Å².